The number of benzene rings is 2. The maximum absolute atomic E-state index is 11.3. The fourth-order valence-electron chi connectivity index (χ4n) is 1.82. The molecule has 0 aliphatic heterocycles. The highest BCUT2D eigenvalue weighted by Crippen LogP contribution is 2.33. The van der Waals surface area contributed by atoms with Crippen molar-refractivity contribution in [1.29, 1.82) is 0 Å². The van der Waals surface area contributed by atoms with Gasteiger partial charge in [0.25, 0.3) is 0 Å². The molecule has 21 heavy (non-hydrogen) atoms. The quantitative estimate of drug-likeness (QED) is 0.518. The number of ketones is 1. The molecule has 0 saturated carbocycles. The van der Waals surface area contributed by atoms with Gasteiger partial charge in [0, 0.05) is 17.2 Å². The zero-order valence-corrected chi connectivity index (χ0v) is 11.3. The van der Waals surface area contributed by atoms with E-state index in [1.54, 1.807) is 24.3 Å². The number of carbonyl (C=O) groups excluding carboxylic acids is 1. The number of aliphatic hydroxyl groups excluding tert-OH is 1. The van der Waals surface area contributed by atoms with Crippen molar-refractivity contribution in [3.63, 3.8) is 0 Å². The fourth-order valence-corrected chi connectivity index (χ4v) is 1.82. The average molecular weight is 287 g/mol. The number of ether oxygens (including phenoxy) is 1. The number of hydrogen-bond acceptors (Lipinski definition) is 5. The molecule has 0 aliphatic rings. The topological polar surface area (TPSA) is 89.7 Å². The van der Waals surface area contributed by atoms with Gasteiger partial charge in [0.15, 0.2) is 5.78 Å². The summed E-state index contributed by atoms with van der Waals surface area (Å²) in [7, 11) is 0. The van der Waals surface area contributed by atoms with Crippen molar-refractivity contribution >= 4 is 11.5 Å². The minimum atomic E-state index is -0.608. The SMILES string of the molecule is CC(=O)c1ccc(Oc2ccccc2CO)c([N+](=O)[O-])c1. The molecule has 6 nitrogen and oxygen atoms in total. The van der Waals surface area contributed by atoms with Crippen molar-refractivity contribution in [3.8, 4) is 11.5 Å². The number of aliphatic hydroxyl groups is 1. The van der Waals surface area contributed by atoms with E-state index in [4.69, 9.17) is 4.74 Å². The number of nitro groups is 1. The van der Waals surface area contributed by atoms with E-state index < -0.39 is 4.92 Å². The largest absolute Gasteiger partial charge is 0.450 e. The summed E-state index contributed by atoms with van der Waals surface area (Å²) < 4.78 is 5.51. The Balaban J connectivity index is 2.44. The van der Waals surface area contributed by atoms with Crippen LogP contribution >= 0.6 is 0 Å². The van der Waals surface area contributed by atoms with Crippen LogP contribution in [0, 0.1) is 10.1 Å². The molecule has 1 N–H and O–H groups in total. The van der Waals surface area contributed by atoms with Crippen molar-refractivity contribution in [2.75, 3.05) is 0 Å². The third-order valence-corrected chi connectivity index (χ3v) is 2.93. The summed E-state index contributed by atoms with van der Waals surface area (Å²) in [6.45, 7) is 1.09. The highest BCUT2D eigenvalue weighted by molar-refractivity contribution is 5.95. The predicted octanol–water partition coefficient (Wildman–Crippen LogP) is 3.08. The van der Waals surface area contributed by atoms with E-state index in [1.807, 2.05) is 0 Å². The van der Waals surface area contributed by atoms with E-state index in [9.17, 15) is 20.0 Å². The number of para-hydroxylation sites is 1. The van der Waals surface area contributed by atoms with Gasteiger partial charge in [-0.3, -0.25) is 14.9 Å². The molecule has 0 radical (unpaired) electrons. The summed E-state index contributed by atoms with van der Waals surface area (Å²) in [5.41, 5.74) is 0.461. The van der Waals surface area contributed by atoms with Gasteiger partial charge in [-0.1, -0.05) is 18.2 Å². The van der Waals surface area contributed by atoms with Gasteiger partial charge in [-0.25, -0.2) is 0 Å². The second-order valence-corrected chi connectivity index (χ2v) is 4.36. The number of carbonyl (C=O) groups is 1. The van der Waals surface area contributed by atoms with Crippen molar-refractivity contribution in [3.05, 3.63) is 63.7 Å². The van der Waals surface area contributed by atoms with E-state index in [2.05, 4.69) is 0 Å². The first-order valence-corrected chi connectivity index (χ1v) is 6.19. The molecule has 0 bridgehead atoms. The van der Waals surface area contributed by atoms with Crippen LogP contribution in [0.3, 0.4) is 0 Å². The van der Waals surface area contributed by atoms with Gasteiger partial charge in [0.2, 0.25) is 5.75 Å². The lowest BCUT2D eigenvalue weighted by atomic mass is 10.1. The first-order chi connectivity index (χ1) is 10.0. The summed E-state index contributed by atoms with van der Waals surface area (Å²) in [4.78, 5) is 21.8. The van der Waals surface area contributed by atoms with Crippen LogP contribution in [-0.4, -0.2) is 15.8 Å². The van der Waals surface area contributed by atoms with Gasteiger partial charge < -0.3 is 9.84 Å². The maximum Gasteiger partial charge on any atom is 0.312 e. The monoisotopic (exact) mass is 287 g/mol. The molecule has 0 amide bonds. The summed E-state index contributed by atoms with van der Waals surface area (Å²) >= 11 is 0. The highest BCUT2D eigenvalue weighted by Gasteiger charge is 2.18. The van der Waals surface area contributed by atoms with Crippen molar-refractivity contribution < 1.29 is 19.6 Å². The molecule has 0 fully saturated rings. The standard InChI is InChI=1S/C15H13NO5/c1-10(18)11-6-7-15(13(8-11)16(19)20)21-14-5-3-2-4-12(14)9-17/h2-8,17H,9H2,1H3. The van der Waals surface area contributed by atoms with Crippen LogP contribution < -0.4 is 4.74 Å². The van der Waals surface area contributed by atoms with Gasteiger partial charge in [-0.05, 0) is 25.1 Å². The normalized spacial score (nSPS) is 10.2. The fraction of sp³-hybridized carbons (Fsp3) is 0.133. The molecule has 2 rings (SSSR count). The number of hydrogen-bond donors (Lipinski definition) is 1. The van der Waals surface area contributed by atoms with Gasteiger partial charge >= 0.3 is 5.69 Å². The molecule has 2 aromatic rings. The van der Waals surface area contributed by atoms with Crippen LogP contribution in [-0.2, 0) is 6.61 Å². The smallest absolute Gasteiger partial charge is 0.312 e. The van der Waals surface area contributed by atoms with Gasteiger partial charge in [0.1, 0.15) is 5.75 Å². The lowest BCUT2D eigenvalue weighted by Crippen LogP contribution is -1.99. The third-order valence-electron chi connectivity index (χ3n) is 2.93. The van der Waals surface area contributed by atoms with E-state index in [-0.39, 0.29) is 29.4 Å². The summed E-state index contributed by atoms with van der Waals surface area (Å²) in [6.07, 6.45) is 0. The Morgan fingerprint density at radius 1 is 1.24 bits per heavy atom. The Morgan fingerprint density at radius 3 is 2.57 bits per heavy atom. The molecule has 6 heteroatoms. The van der Waals surface area contributed by atoms with E-state index >= 15 is 0 Å². The molecule has 0 heterocycles. The Morgan fingerprint density at radius 2 is 1.95 bits per heavy atom. The zero-order valence-electron chi connectivity index (χ0n) is 11.3. The minimum Gasteiger partial charge on any atom is -0.450 e. The van der Waals surface area contributed by atoms with Crippen LogP contribution in [0.5, 0.6) is 11.5 Å². The Labute approximate surface area is 120 Å². The lowest BCUT2D eigenvalue weighted by Gasteiger charge is -2.10. The van der Waals surface area contributed by atoms with E-state index in [0.717, 1.165) is 0 Å². The zero-order chi connectivity index (χ0) is 15.4. The molecule has 0 aromatic heterocycles. The molecule has 0 spiro atoms. The third kappa shape index (κ3) is 3.24. The van der Waals surface area contributed by atoms with Crippen LogP contribution in [0.2, 0.25) is 0 Å². The Hall–Kier alpha value is -2.73. The van der Waals surface area contributed by atoms with E-state index in [1.165, 1.54) is 25.1 Å². The number of nitro benzene ring substituents is 1. The van der Waals surface area contributed by atoms with Crippen LogP contribution in [0.1, 0.15) is 22.8 Å². The Kier molecular flexibility index (Phi) is 4.30. The van der Waals surface area contributed by atoms with Gasteiger partial charge in [-0.15, -0.1) is 0 Å². The molecule has 0 saturated heterocycles. The molecule has 0 unspecified atom stereocenters. The number of rotatable bonds is 5. The summed E-state index contributed by atoms with van der Waals surface area (Å²) in [5, 5.41) is 20.3. The van der Waals surface area contributed by atoms with Gasteiger partial charge in [-0.2, -0.15) is 0 Å². The van der Waals surface area contributed by atoms with Crippen molar-refractivity contribution in [2.24, 2.45) is 0 Å². The lowest BCUT2D eigenvalue weighted by molar-refractivity contribution is -0.385. The summed E-state index contributed by atoms with van der Waals surface area (Å²) in [5.74, 6) is 0.0879. The number of Topliss-reactive ketones (excluding diaryl/α,β-unsaturated/α-hetero) is 1. The molecule has 0 aliphatic carbocycles. The molecular weight excluding hydrogens is 274 g/mol. The predicted molar refractivity (Wildman–Crippen MR) is 75.5 cm³/mol. The minimum absolute atomic E-state index is 0.0194. The van der Waals surface area contributed by atoms with Gasteiger partial charge in [0.05, 0.1) is 11.5 Å². The first kappa shape index (κ1) is 14.7. The van der Waals surface area contributed by atoms with Crippen LogP contribution in [0.15, 0.2) is 42.5 Å². The molecular formula is C15H13NO5. The first-order valence-electron chi connectivity index (χ1n) is 6.19. The average Bonchev–Trinajstić information content (AvgIpc) is 2.47. The van der Waals surface area contributed by atoms with Crippen molar-refractivity contribution in [2.45, 2.75) is 13.5 Å². The van der Waals surface area contributed by atoms with E-state index in [0.29, 0.717) is 11.3 Å². The summed E-state index contributed by atoms with van der Waals surface area (Å²) in [6, 6.07) is 10.7. The molecule has 108 valence electrons. The molecule has 0 atom stereocenters. The molecule has 2 aromatic carbocycles. The highest BCUT2D eigenvalue weighted by atomic mass is 16.6. The van der Waals surface area contributed by atoms with Crippen LogP contribution in [0.4, 0.5) is 5.69 Å². The number of nitrogens with zero attached hydrogens (tertiary/aromatic N) is 1. The second kappa shape index (κ2) is 6.15. The maximum atomic E-state index is 11.3. The second-order valence-electron chi connectivity index (χ2n) is 4.36. The van der Waals surface area contributed by atoms with Crippen molar-refractivity contribution in [1.82, 2.24) is 0 Å². The Bertz CT molecular complexity index is 696. The van der Waals surface area contributed by atoms with Crippen LogP contribution in [0.25, 0.3) is 0 Å².